The predicted molar refractivity (Wildman–Crippen MR) is 51.9 cm³/mol. The zero-order chi connectivity index (χ0) is 11.8. The minimum Gasteiger partial charge on any atom is -0.478 e. The Morgan fingerprint density at radius 1 is 1.20 bits per heavy atom. The first kappa shape index (κ1) is 12.7. The second-order valence-electron chi connectivity index (χ2n) is 2.54. The van der Waals surface area contributed by atoms with E-state index in [1.54, 1.807) is 6.07 Å². The van der Waals surface area contributed by atoms with Gasteiger partial charge in [0.2, 0.25) is 0 Å². The molecule has 0 unspecified atom stereocenters. The van der Waals surface area contributed by atoms with Gasteiger partial charge in [0, 0.05) is 12.2 Å². The van der Waals surface area contributed by atoms with E-state index in [-0.39, 0.29) is 11.1 Å². The van der Waals surface area contributed by atoms with Crippen LogP contribution in [-0.4, -0.2) is 22.2 Å². The molecule has 0 radical (unpaired) electrons. The number of nitriles is 1. The maximum atomic E-state index is 10.7. The van der Waals surface area contributed by atoms with Gasteiger partial charge in [-0.2, -0.15) is 5.26 Å². The van der Waals surface area contributed by atoms with Crippen LogP contribution in [0.5, 0.6) is 0 Å². The number of hydrogen-bond acceptors (Lipinski definition) is 3. The summed E-state index contributed by atoms with van der Waals surface area (Å²) in [5.74, 6) is -2.38. The lowest BCUT2D eigenvalue weighted by Crippen LogP contribution is -2.00. The van der Waals surface area contributed by atoms with Crippen molar-refractivity contribution in [2.24, 2.45) is 0 Å². The molecule has 0 aromatic heterocycles. The lowest BCUT2D eigenvalue weighted by atomic mass is 10.1. The first-order valence-electron chi connectivity index (χ1n) is 3.90. The van der Waals surface area contributed by atoms with Gasteiger partial charge in [-0.3, -0.25) is 0 Å². The first-order chi connectivity index (χ1) is 6.99. The van der Waals surface area contributed by atoms with Crippen LogP contribution in [0, 0.1) is 11.3 Å². The van der Waals surface area contributed by atoms with E-state index in [0.29, 0.717) is 0 Å². The average Bonchev–Trinajstić information content (AvgIpc) is 2.14. The summed E-state index contributed by atoms with van der Waals surface area (Å²) in [4.78, 5) is 20.9. The number of rotatable bonds is 4. The Morgan fingerprint density at radius 3 is 2.20 bits per heavy atom. The molecule has 0 bridgehead atoms. The van der Waals surface area contributed by atoms with Crippen molar-refractivity contribution in [3.8, 4) is 6.07 Å². The van der Waals surface area contributed by atoms with Crippen molar-refractivity contribution in [3.63, 3.8) is 0 Å². The Labute approximate surface area is 86.3 Å². The number of carboxylic acid groups (broad SMARTS) is 2. The van der Waals surface area contributed by atoms with E-state index in [1.807, 2.05) is 0 Å². The fourth-order valence-corrected chi connectivity index (χ4v) is 0.778. The Bertz CT molecular complexity index is 396. The summed E-state index contributed by atoms with van der Waals surface area (Å²) < 4.78 is 0. The van der Waals surface area contributed by atoms with E-state index < -0.39 is 11.9 Å². The molecule has 78 valence electrons. The smallest absolute Gasteiger partial charge is 0.335 e. The Morgan fingerprint density at radius 2 is 1.80 bits per heavy atom. The topological polar surface area (TPSA) is 98.4 Å². The van der Waals surface area contributed by atoms with Gasteiger partial charge in [-0.15, -0.1) is 0 Å². The molecular weight excluding hydrogens is 198 g/mol. The third-order valence-electron chi connectivity index (χ3n) is 1.46. The lowest BCUT2D eigenvalue weighted by Gasteiger charge is -1.97. The highest BCUT2D eigenvalue weighted by molar-refractivity contribution is 5.92. The lowest BCUT2D eigenvalue weighted by molar-refractivity contribution is -0.133. The van der Waals surface area contributed by atoms with Crippen molar-refractivity contribution in [1.82, 2.24) is 0 Å². The van der Waals surface area contributed by atoms with Gasteiger partial charge in [0.15, 0.2) is 0 Å². The van der Waals surface area contributed by atoms with E-state index in [9.17, 15) is 9.59 Å². The third-order valence-corrected chi connectivity index (χ3v) is 1.46. The molecule has 0 aliphatic heterocycles. The van der Waals surface area contributed by atoms with Crippen LogP contribution in [0.15, 0.2) is 35.5 Å². The molecule has 0 aliphatic carbocycles. The van der Waals surface area contributed by atoms with Crippen LogP contribution in [-0.2, 0) is 9.59 Å². The van der Waals surface area contributed by atoms with Gasteiger partial charge in [0.05, 0.1) is 11.6 Å². The number of hydrogen-bond donors (Lipinski definition) is 2. The summed E-state index contributed by atoms with van der Waals surface area (Å²) in [7, 11) is 0. The van der Waals surface area contributed by atoms with Gasteiger partial charge in [-0.1, -0.05) is 6.08 Å². The number of nitrogens with zero attached hydrogens (tertiary/aromatic N) is 1. The SMILES string of the molecule is CC(C=CC(=O)O)=C(C=CC#N)C(=O)O. The van der Waals surface area contributed by atoms with Gasteiger partial charge in [-0.05, 0) is 18.6 Å². The number of aliphatic carboxylic acids is 2. The van der Waals surface area contributed by atoms with Crippen LogP contribution in [0.3, 0.4) is 0 Å². The van der Waals surface area contributed by atoms with Gasteiger partial charge in [0.1, 0.15) is 0 Å². The summed E-state index contributed by atoms with van der Waals surface area (Å²) in [6.07, 6.45) is 4.12. The van der Waals surface area contributed by atoms with Crippen LogP contribution in [0.1, 0.15) is 6.92 Å². The summed E-state index contributed by atoms with van der Waals surface area (Å²) in [6, 6.07) is 1.65. The maximum Gasteiger partial charge on any atom is 0.335 e. The molecule has 0 saturated carbocycles. The Balaban J connectivity index is 5.11. The van der Waals surface area contributed by atoms with E-state index in [1.165, 1.54) is 6.92 Å². The highest BCUT2D eigenvalue weighted by Gasteiger charge is 2.05. The van der Waals surface area contributed by atoms with Crippen LogP contribution in [0.4, 0.5) is 0 Å². The molecule has 5 heteroatoms. The summed E-state index contributed by atoms with van der Waals surface area (Å²) in [6.45, 7) is 1.45. The minimum atomic E-state index is -1.21. The molecule has 0 saturated heterocycles. The van der Waals surface area contributed by atoms with E-state index >= 15 is 0 Å². The van der Waals surface area contributed by atoms with Gasteiger partial charge in [-0.25, -0.2) is 9.59 Å². The molecule has 0 spiro atoms. The van der Waals surface area contributed by atoms with Crippen molar-refractivity contribution >= 4 is 11.9 Å². The molecule has 2 N–H and O–H groups in total. The molecular formula is C10H9NO4. The van der Waals surface area contributed by atoms with Crippen molar-refractivity contribution in [2.75, 3.05) is 0 Å². The highest BCUT2D eigenvalue weighted by Crippen LogP contribution is 2.07. The molecule has 0 aromatic carbocycles. The second kappa shape index (κ2) is 6.16. The molecule has 0 amide bonds. The van der Waals surface area contributed by atoms with Crippen molar-refractivity contribution < 1.29 is 19.8 Å². The monoisotopic (exact) mass is 207 g/mol. The zero-order valence-electron chi connectivity index (χ0n) is 7.97. The normalized spacial score (nSPS) is 12.5. The standard InChI is InChI=1S/C10H9NO4/c1-7(4-5-9(12)13)8(10(14)15)3-2-6-11/h2-5H,1H3,(H,12,13)(H,14,15). The van der Waals surface area contributed by atoms with Crippen molar-refractivity contribution in [2.45, 2.75) is 6.92 Å². The predicted octanol–water partition coefficient (Wildman–Crippen LogP) is 1.11. The Kier molecular flexibility index (Phi) is 5.19. The molecule has 5 nitrogen and oxygen atoms in total. The maximum absolute atomic E-state index is 10.7. The average molecular weight is 207 g/mol. The molecule has 0 fully saturated rings. The summed E-state index contributed by atoms with van der Waals surface area (Å²) in [5, 5.41) is 25.3. The van der Waals surface area contributed by atoms with E-state index in [2.05, 4.69) is 0 Å². The fraction of sp³-hybridized carbons (Fsp3) is 0.100. The highest BCUT2D eigenvalue weighted by atomic mass is 16.4. The Hall–Kier alpha value is -2.35. The molecule has 15 heavy (non-hydrogen) atoms. The first-order valence-corrected chi connectivity index (χ1v) is 3.90. The van der Waals surface area contributed by atoms with Gasteiger partial charge >= 0.3 is 11.9 Å². The van der Waals surface area contributed by atoms with Crippen molar-refractivity contribution in [3.05, 3.63) is 35.5 Å². The summed E-state index contributed by atoms with van der Waals surface area (Å²) in [5.41, 5.74) is 0.144. The molecule has 0 aromatic rings. The number of allylic oxidation sites excluding steroid dienone is 3. The van der Waals surface area contributed by atoms with E-state index in [0.717, 1.165) is 24.3 Å². The summed E-state index contributed by atoms with van der Waals surface area (Å²) >= 11 is 0. The van der Waals surface area contributed by atoms with Gasteiger partial charge < -0.3 is 10.2 Å². The molecule has 0 aliphatic rings. The zero-order valence-corrected chi connectivity index (χ0v) is 7.97. The molecule has 0 heterocycles. The van der Waals surface area contributed by atoms with Gasteiger partial charge in [0.25, 0.3) is 0 Å². The molecule has 0 atom stereocenters. The quantitative estimate of drug-likeness (QED) is 0.408. The largest absolute Gasteiger partial charge is 0.478 e. The van der Waals surface area contributed by atoms with E-state index in [4.69, 9.17) is 15.5 Å². The van der Waals surface area contributed by atoms with Crippen LogP contribution < -0.4 is 0 Å². The minimum absolute atomic E-state index is 0.117. The number of carbonyl (C=O) groups is 2. The number of carboxylic acids is 2. The van der Waals surface area contributed by atoms with Crippen LogP contribution in [0.2, 0.25) is 0 Å². The van der Waals surface area contributed by atoms with Crippen LogP contribution in [0.25, 0.3) is 0 Å². The second-order valence-corrected chi connectivity index (χ2v) is 2.54. The molecule has 0 rings (SSSR count). The fourth-order valence-electron chi connectivity index (χ4n) is 0.778. The van der Waals surface area contributed by atoms with Crippen LogP contribution >= 0.6 is 0 Å². The third kappa shape index (κ3) is 5.05. The van der Waals surface area contributed by atoms with Crippen molar-refractivity contribution in [1.29, 1.82) is 5.26 Å².